The van der Waals surface area contributed by atoms with Gasteiger partial charge < -0.3 is 20.1 Å². The lowest BCUT2D eigenvalue weighted by atomic mass is 9.97. The van der Waals surface area contributed by atoms with Crippen molar-refractivity contribution in [3.05, 3.63) is 30.1 Å². The molecule has 2 amide bonds. The maximum absolute atomic E-state index is 13.1. The van der Waals surface area contributed by atoms with Crippen molar-refractivity contribution in [3.8, 4) is 0 Å². The standard InChI is InChI=1S/C22H31N5O2/c1-2-20-25-17-8-3-4-10-19(17)27(20)15-21(28)26-12-6-7-16(14-26)13-24-22(29)18-9-5-11-23-18/h3-4,8,10,16,18,23H,2,5-7,9,11-15H2,1H3,(H,24,29). The molecule has 2 N–H and O–H groups in total. The van der Waals surface area contributed by atoms with Crippen LogP contribution in [0, 0.1) is 5.92 Å². The van der Waals surface area contributed by atoms with Gasteiger partial charge in [-0.1, -0.05) is 19.1 Å². The molecule has 0 bridgehead atoms. The SMILES string of the molecule is CCc1nc2ccccc2n1CC(=O)N1CCCC(CNC(=O)C2CCCN2)C1. The average molecular weight is 398 g/mol. The Bertz CT molecular complexity index is 871. The number of benzene rings is 1. The van der Waals surface area contributed by atoms with Crippen LogP contribution in [0.5, 0.6) is 0 Å². The van der Waals surface area contributed by atoms with E-state index in [1.54, 1.807) is 0 Å². The van der Waals surface area contributed by atoms with Crippen molar-refractivity contribution in [2.45, 2.75) is 51.6 Å². The summed E-state index contributed by atoms with van der Waals surface area (Å²) in [5.74, 6) is 1.51. The normalized spacial score (nSPS) is 22.2. The van der Waals surface area contributed by atoms with Crippen LogP contribution in [0.3, 0.4) is 0 Å². The molecule has 2 fully saturated rings. The average Bonchev–Trinajstić information content (AvgIpc) is 3.41. The summed E-state index contributed by atoms with van der Waals surface area (Å²) in [6.45, 7) is 5.48. The number of nitrogens with one attached hydrogen (secondary N) is 2. The molecule has 29 heavy (non-hydrogen) atoms. The number of nitrogens with zero attached hydrogens (tertiary/aromatic N) is 3. The molecule has 2 aliphatic rings. The Labute approximate surface area is 171 Å². The highest BCUT2D eigenvalue weighted by Gasteiger charge is 2.27. The van der Waals surface area contributed by atoms with Gasteiger partial charge in [-0.25, -0.2) is 4.98 Å². The van der Waals surface area contributed by atoms with E-state index < -0.39 is 0 Å². The molecule has 7 heteroatoms. The fourth-order valence-electron chi connectivity index (χ4n) is 4.54. The van der Waals surface area contributed by atoms with Crippen LogP contribution in [-0.2, 0) is 22.6 Å². The number of hydrogen-bond acceptors (Lipinski definition) is 4. The van der Waals surface area contributed by atoms with Crippen LogP contribution >= 0.6 is 0 Å². The fraction of sp³-hybridized carbons (Fsp3) is 0.591. The molecule has 2 aliphatic heterocycles. The Morgan fingerprint density at radius 1 is 1.24 bits per heavy atom. The van der Waals surface area contributed by atoms with Crippen molar-refractivity contribution in [1.29, 1.82) is 0 Å². The second-order valence-corrected chi connectivity index (χ2v) is 8.20. The van der Waals surface area contributed by atoms with Gasteiger partial charge in [0, 0.05) is 26.1 Å². The van der Waals surface area contributed by atoms with E-state index in [1.165, 1.54) is 0 Å². The Morgan fingerprint density at radius 3 is 2.90 bits per heavy atom. The first-order valence-corrected chi connectivity index (χ1v) is 10.9. The molecule has 1 aromatic carbocycles. The van der Waals surface area contributed by atoms with Gasteiger partial charge in [-0.05, 0) is 50.3 Å². The zero-order valence-corrected chi connectivity index (χ0v) is 17.2. The number of hydrogen-bond donors (Lipinski definition) is 2. The molecule has 0 spiro atoms. The van der Waals surface area contributed by atoms with Crippen molar-refractivity contribution in [2.75, 3.05) is 26.2 Å². The molecular formula is C22H31N5O2. The van der Waals surface area contributed by atoms with Crippen LogP contribution in [0.25, 0.3) is 11.0 Å². The molecule has 0 radical (unpaired) electrons. The van der Waals surface area contributed by atoms with E-state index in [2.05, 4.69) is 27.1 Å². The van der Waals surface area contributed by atoms with E-state index in [1.807, 2.05) is 29.2 Å². The first-order chi connectivity index (χ1) is 14.2. The summed E-state index contributed by atoms with van der Waals surface area (Å²) < 4.78 is 2.05. The lowest BCUT2D eigenvalue weighted by molar-refractivity contribution is -0.133. The minimum atomic E-state index is -0.0432. The molecule has 156 valence electrons. The Hall–Kier alpha value is -2.41. The van der Waals surface area contributed by atoms with Crippen LogP contribution < -0.4 is 10.6 Å². The summed E-state index contributed by atoms with van der Waals surface area (Å²) in [6.07, 6.45) is 4.81. The summed E-state index contributed by atoms with van der Waals surface area (Å²) in [7, 11) is 0. The number of carbonyl (C=O) groups is 2. The molecule has 2 saturated heterocycles. The van der Waals surface area contributed by atoms with Crippen LogP contribution in [0.15, 0.2) is 24.3 Å². The quantitative estimate of drug-likeness (QED) is 0.778. The molecule has 2 unspecified atom stereocenters. The number of piperidine rings is 1. The molecule has 2 atom stereocenters. The van der Waals surface area contributed by atoms with Crippen LogP contribution in [-0.4, -0.2) is 58.5 Å². The lowest BCUT2D eigenvalue weighted by Crippen LogP contribution is -2.47. The zero-order chi connectivity index (χ0) is 20.2. The smallest absolute Gasteiger partial charge is 0.242 e. The number of likely N-dealkylation sites (tertiary alicyclic amines) is 1. The molecule has 4 rings (SSSR count). The van der Waals surface area contributed by atoms with Crippen molar-refractivity contribution in [3.63, 3.8) is 0 Å². The van der Waals surface area contributed by atoms with E-state index in [9.17, 15) is 9.59 Å². The topological polar surface area (TPSA) is 79.3 Å². The van der Waals surface area contributed by atoms with E-state index in [0.29, 0.717) is 25.6 Å². The van der Waals surface area contributed by atoms with Gasteiger partial charge in [0.05, 0.1) is 17.1 Å². The van der Waals surface area contributed by atoms with Gasteiger partial charge in [-0.3, -0.25) is 9.59 Å². The van der Waals surface area contributed by atoms with E-state index in [4.69, 9.17) is 0 Å². The Kier molecular flexibility index (Phi) is 6.13. The highest BCUT2D eigenvalue weighted by atomic mass is 16.2. The van der Waals surface area contributed by atoms with Crippen molar-refractivity contribution in [2.24, 2.45) is 5.92 Å². The predicted octanol–water partition coefficient (Wildman–Crippen LogP) is 1.71. The summed E-state index contributed by atoms with van der Waals surface area (Å²) in [5, 5.41) is 6.32. The number of para-hydroxylation sites is 2. The third kappa shape index (κ3) is 4.45. The highest BCUT2D eigenvalue weighted by Crippen LogP contribution is 2.20. The minimum Gasteiger partial charge on any atom is -0.354 e. The number of carbonyl (C=O) groups excluding carboxylic acids is 2. The summed E-state index contributed by atoms with van der Waals surface area (Å²) in [4.78, 5) is 31.9. The second-order valence-electron chi connectivity index (χ2n) is 8.20. The number of rotatable bonds is 6. The number of aromatic nitrogens is 2. The van der Waals surface area contributed by atoms with Gasteiger partial charge in [0.1, 0.15) is 12.4 Å². The lowest BCUT2D eigenvalue weighted by Gasteiger charge is -2.33. The molecule has 0 aliphatic carbocycles. The van der Waals surface area contributed by atoms with E-state index in [-0.39, 0.29) is 17.9 Å². The molecule has 3 heterocycles. The van der Waals surface area contributed by atoms with Crippen molar-refractivity contribution >= 4 is 22.8 Å². The van der Waals surface area contributed by atoms with E-state index in [0.717, 1.165) is 62.1 Å². The van der Waals surface area contributed by atoms with Gasteiger partial charge in [-0.15, -0.1) is 0 Å². The maximum Gasteiger partial charge on any atom is 0.242 e. The molecule has 1 aromatic heterocycles. The number of aryl methyl sites for hydroxylation is 1. The van der Waals surface area contributed by atoms with Gasteiger partial charge in [0.2, 0.25) is 11.8 Å². The second kappa shape index (κ2) is 8.95. The molecule has 2 aromatic rings. The first kappa shape index (κ1) is 19.9. The van der Waals surface area contributed by atoms with Crippen molar-refractivity contribution in [1.82, 2.24) is 25.1 Å². The third-order valence-corrected chi connectivity index (χ3v) is 6.16. The van der Waals surface area contributed by atoms with Gasteiger partial charge >= 0.3 is 0 Å². The van der Waals surface area contributed by atoms with Crippen LogP contribution in [0.4, 0.5) is 0 Å². The summed E-state index contributed by atoms with van der Waals surface area (Å²) >= 11 is 0. The number of fused-ring (bicyclic) bond motifs is 1. The Balaban J connectivity index is 1.36. The monoisotopic (exact) mass is 397 g/mol. The summed E-state index contributed by atoms with van der Waals surface area (Å²) in [5.41, 5.74) is 1.96. The zero-order valence-electron chi connectivity index (χ0n) is 17.2. The highest BCUT2D eigenvalue weighted by molar-refractivity contribution is 5.82. The minimum absolute atomic E-state index is 0.0432. The molecule has 0 saturated carbocycles. The van der Waals surface area contributed by atoms with Gasteiger partial charge in [0.25, 0.3) is 0 Å². The maximum atomic E-state index is 13.1. The first-order valence-electron chi connectivity index (χ1n) is 10.9. The van der Waals surface area contributed by atoms with Crippen LogP contribution in [0.1, 0.15) is 38.4 Å². The Morgan fingerprint density at radius 2 is 2.10 bits per heavy atom. The molecule has 7 nitrogen and oxygen atoms in total. The number of amides is 2. The van der Waals surface area contributed by atoms with E-state index >= 15 is 0 Å². The van der Waals surface area contributed by atoms with Gasteiger partial charge in [-0.2, -0.15) is 0 Å². The predicted molar refractivity (Wildman–Crippen MR) is 112 cm³/mol. The summed E-state index contributed by atoms with van der Waals surface area (Å²) in [6, 6.07) is 7.95. The fourth-order valence-corrected chi connectivity index (χ4v) is 4.54. The largest absolute Gasteiger partial charge is 0.354 e. The molecular weight excluding hydrogens is 366 g/mol. The number of imidazole rings is 1. The van der Waals surface area contributed by atoms with Gasteiger partial charge in [0.15, 0.2) is 0 Å². The van der Waals surface area contributed by atoms with Crippen LogP contribution in [0.2, 0.25) is 0 Å². The van der Waals surface area contributed by atoms with Crippen molar-refractivity contribution < 1.29 is 9.59 Å². The third-order valence-electron chi connectivity index (χ3n) is 6.16.